The van der Waals surface area contributed by atoms with Crippen molar-refractivity contribution >= 4 is 11.7 Å². The molecule has 17 heavy (non-hydrogen) atoms. The third-order valence-corrected chi connectivity index (χ3v) is 3.22. The van der Waals surface area contributed by atoms with Crippen LogP contribution in [0.25, 0.3) is 0 Å². The molecule has 92 valence electrons. The lowest BCUT2D eigenvalue weighted by Crippen LogP contribution is -2.42. The molecule has 0 radical (unpaired) electrons. The summed E-state index contributed by atoms with van der Waals surface area (Å²) in [6.45, 7) is 0.866. The second-order valence-corrected chi connectivity index (χ2v) is 4.72. The Bertz CT molecular complexity index is 415. The fourth-order valence-corrected chi connectivity index (χ4v) is 2.30. The molecule has 0 aliphatic heterocycles. The van der Waals surface area contributed by atoms with Crippen LogP contribution in [0.15, 0.2) is 18.3 Å². The largest absolute Gasteiger partial charge is 0.365 e. The minimum atomic E-state index is -0.440. The van der Waals surface area contributed by atoms with Crippen molar-refractivity contribution in [1.29, 1.82) is 0 Å². The van der Waals surface area contributed by atoms with Crippen LogP contribution in [-0.4, -0.2) is 30.5 Å². The lowest BCUT2D eigenvalue weighted by Gasteiger charge is -2.35. The molecular weight excluding hydrogens is 216 g/mol. The number of nitrogens with zero attached hydrogens (tertiary/aromatic N) is 2. The maximum absolute atomic E-state index is 11.3. The van der Waals surface area contributed by atoms with Crippen molar-refractivity contribution in [3.05, 3.63) is 23.9 Å². The smallest absolute Gasteiger partial charge is 0.252 e. The number of pyridine rings is 1. The average molecular weight is 234 g/mol. The molecular formula is C12H18N4O. The first kappa shape index (κ1) is 11.9. The molecule has 1 saturated carbocycles. The normalized spacial score (nSPS) is 22.9. The lowest BCUT2D eigenvalue weighted by molar-refractivity contribution is 0.100. The Hall–Kier alpha value is -1.62. The van der Waals surface area contributed by atoms with Gasteiger partial charge in [-0.2, -0.15) is 0 Å². The molecule has 0 aromatic carbocycles. The van der Waals surface area contributed by atoms with Crippen LogP contribution in [0.2, 0.25) is 0 Å². The molecule has 1 amide bonds. The van der Waals surface area contributed by atoms with Crippen LogP contribution < -0.4 is 16.4 Å². The van der Waals surface area contributed by atoms with Gasteiger partial charge in [0.2, 0.25) is 0 Å². The van der Waals surface area contributed by atoms with Crippen LogP contribution in [0, 0.1) is 5.92 Å². The van der Waals surface area contributed by atoms with E-state index >= 15 is 0 Å². The van der Waals surface area contributed by atoms with Crippen LogP contribution in [-0.2, 0) is 0 Å². The van der Waals surface area contributed by atoms with E-state index in [1.54, 1.807) is 18.3 Å². The maximum atomic E-state index is 11.3. The van der Waals surface area contributed by atoms with E-state index in [4.69, 9.17) is 11.5 Å². The Balaban J connectivity index is 2.08. The number of anilines is 1. The molecule has 1 aliphatic rings. The Morgan fingerprint density at radius 3 is 2.88 bits per heavy atom. The number of hydrogen-bond acceptors (Lipinski definition) is 4. The summed E-state index contributed by atoms with van der Waals surface area (Å²) in [7, 11) is 1.93. The zero-order valence-electron chi connectivity index (χ0n) is 9.97. The number of aromatic nitrogens is 1. The standard InChI is InChI=1S/C12H18N4O/c1-16(7-8-5-9(13)6-8)12-10(11(14)17)3-2-4-15-12/h2-4,8-9H,5-7,13H2,1H3,(H2,14,17). The van der Waals surface area contributed by atoms with Crippen molar-refractivity contribution in [1.82, 2.24) is 4.98 Å². The molecule has 0 unspecified atom stereocenters. The van der Waals surface area contributed by atoms with Crippen LogP contribution >= 0.6 is 0 Å². The van der Waals surface area contributed by atoms with Gasteiger partial charge in [-0.15, -0.1) is 0 Å². The zero-order chi connectivity index (χ0) is 12.4. The van der Waals surface area contributed by atoms with E-state index in [1.165, 1.54) is 0 Å². The first-order chi connectivity index (χ1) is 8.08. The summed E-state index contributed by atoms with van der Waals surface area (Å²) < 4.78 is 0. The van der Waals surface area contributed by atoms with Gasteiger partial charge in [-0.05, 0) is 30.9 Å². The van der Waals surface area contributed by atoms with Crippen molar-refractivity contribution < 1.29 is 4.79 Å². The third-order valence-electron chi connectivity index (χ3n) is 3.22. The van der Waals surface area contributed by atoms with Crippen molar-refractivity contribution in [2.75, 3.05) is 18.5 Å². The van der Waals surface area contributed by atoms with E-state index in [9.17, 15) is 4.79 Å². The van der Waals surface area contributed by atoms with Gasteiger partial charge in [0.15, 0.2) is 0 Å². The molecule has 0 atom stereocenters. The topological polar surface area (TPSA) is 85.2 Å². The molecule has 1 fully saturated rings. The SMILES string of the molecule is CN(CC1CC(N)C1)c1ncccc1C(N)=O. The number of hydrogen-bond donors (Lipinski definition) is 2. The molecule has 1 aliphatic carbocycles. The second-order valence-electron chi connectivity index (χ2n) is 4.72. The number of rotatable bonds is 4. The maximum Gasteiger partial charge on any atom is 0.252 e. The fraction of sp³-hybridized carbons (Fsp3) is 0.500. The first-order valence-electron chi connectivity index (χ1n) is 5.79. The predicted octanol–water partition coefficient (Wildman–Crippen LogP) is 0.354. The van der Waals surface area contributed by atoms with Gasteiger partial charge in [0.05, 0.1) is 5.56 Å². The van der Waals surface area contributed by atoms with Crippen molar-refractivity contribution in [3.8, 4) is 0 Å². The highest BCUT2D eigenvalue weighted by atomic mass is 16.1. The van der Waals surface area contributed by atoms with Gasteiger partial charge in [0, 0.05) is 25.8 Å². The lowest BCUT2D eigenvalue weighted by atomic mass is 9.80. The Morgan fingerprint density at radius 2 is 2.29 bits per heavy atom. The van der Waals surface area contributed by atoms with Crippen LogP contribution in [0.4, 0.5) is 5.82 Å². The van der Waals surface area contributed by atoms with Gasteiger partial charge >= 0.3 is 0 Å². The monoisotopic (exact) mass is 234 g/mol. The highest BCUT2D eigenvalue weighted by molar-refractivity contribution is 5.97. The molecule has 5 heteroatoms. The molecule has 1 heterocycles. The minimum absolute atomic E-state index is 0.341. The van der Waals surface area contributed by atoms with Gasteiger partial charge in [-0.25, -0.2) is 4.98 Å². The van der Waals surface area contributed by atoms with Crippen molar-refractivity contribution in [2.24, 2.45) is 17.4 Å². The summed E-state index contributed by atoms with van der Waals surface area (Å²) in [5.41, 5.74) is 11.6. The summed E-state index contributed by atoms with van der Waals surface area (Å²) >= 11 is 0. The summed E-state index contributed by atoms with van der Waals surface area (Å²) in [6.07, 6.45) is 3.76. The second kappa shape index (κ2) is 4.71. The Morgan fingerprint density at radius 1 is 1.59 bits per heavy atom. The van der Waals surface area contributed by atoms with Gasteiger partial charge < -0.3 is 16.4 Å². The molecule has 0 bridgehead atoms. The van der Waals surface area contributed by atoms with Crippen LogP contribution in [0.1, 0.15) is 23.2 Å². The summed E-state index contributed by atoms with van der Waals surface area (Å²) in [4.78, 5) is 17.5. The van der Waals surface area contributed by atoms with E-state index in [2.05, 4.69) is 4.98 Å². The molecule has 1 aromatic rings. The molecule has 0 saturated heterocycles. The van der Waals surface area contributed by atoms with Crippen molar-refractivity contribution in [2.45, 2.75) is 18.9 Å². The average Bonchev–Trinajstić information content (AvgIpc) is 2.27. The highest BCUT2D eigenvalue weighted by Crippen LogP contribution is 2.27. The summed E-state index contributed by atoms with van der Waals surface area (Å²) in [6, 6.07) is 3.76. The third kappa shape index (κ3) is 2.55. The predicted molar refractivity (Wildman–Crippen MR) is 66.7 cm³/mol. The van der Waals surface area contributed by atoms with Crippen LogP contribution in [0.5, 0.6) is 0 Å². The molecule has 2 rings (SSSR count). The minimum Gasteiger partial charge on any atom is -0.365 e. The molecule has 0 spiro atoms. The molecule has 1 aromatic heterocycles. The zero-order valence-corrected chi connectivity index (χ0v) is 9.97. The number of nitrogens with two attached hydrogens (primary N) is 2. The fourth-order valence-electron chi connectivity index (χ4n) is 2.30. The first-order valence-corrected chi connectivity index (χ1v) is 5.79. The van der Waals surface area contributed by atoms with Gasteiger partial charge in [0.1, 0.15) is 5.82 Å². The Kier molecular flexibility index (Phi) is 3.28. The molecule has 5 nitrogen and oxygen atoms in total. The van der Waals surface area contributed by atoms with Gasteiger partial charge in [-0.1, -0.05) is 0 Å². The van der Waals surface area contributed by atoms with Gasteiger partial charge in [-0.3, -0.25) is 4.79 Å². The van der Waals surface area contributed by atoms with E-state index in [0.717, 1.165) is 19.4 Å². The van der Waals surface area contributed by atoms with E-state index in [0.29, 0.717) is 23.3 Å². The van der Waals surface area contributed by atoms with Crippen LogP contribution in [0.3, 0.4) is 0 Å². The van der Waals surface area contributed by atoms with Crippen molar-refractivity contribution in [3.63, 3.8) is 0 Å². The number of carbonyl (C=O) groups excluding carboxylic acids is 1. The molecule has 4 N–H and O–H groups in total. The number of amides is 1. The van der Waals surface area contributed by atoms with E-state index < -0.39 is 5.91 Å². The summed E-state index contributed by atoms with van der Waals surface area (Å²) in [5.74, 6) is 0.809. The summed E-state index contributed by atoms with van der Waals surface area (Å²) in [5, 5.41) is 0. The number of carbonyl (C=O) groups is 1. The quantitative estimate of drug-likeness (QED) is 0.787. The Labute approximate surface area is 101 Å². The van der Waals surface area contributed by atoms with E-state index in [-0.39, 0.29) is 0 Å². The van der Waals surface area contributed by atoms with Gasteiger partial charge in [0.25, 0.3) is 5.91 Å². The number of primary amides is 1. The highest BCUT2D eigenvalue weighted by Gasteiger charge is 2.27. The van der Waals surface area contributed by atoms with E-state index in [1.807, 2.05) is 11.9 Å².